The molecular weight excluding hydrogens is 381 g/mol. The lowest BCUT2D eigenvalue weighted by Crippen LogP contribution is -2.40. The SMILES string of the molecule is Cc1ccc(-c2[nH]c(-c3ccc(F)cc3)cc2CCC(=O)NC2CCNC2=O)cc1. The van der Waals surface area contributed by atoms with Crippen LogP contribution in [0.25, 0.3) is 22.5 Å². The molecular formula is C24H24FN3O2. The van der Waals surface area contributed by atoms with Gasteiger partial charge in [0.15, 0.2) is 0 Å². The molecule has 4 rings (SSSR count). The number of halogens is 1. The van der Waals surface area contributed by atoms with Crippen molar-refractivity contribution in [1.29, 1.82) is 0 Å². The Labute approximate surface area is 174 Å². The highest BCUT2D eigenvalue weighted by atomic mass is 19.1. The molecule has 1 atom stereocenters. The van der Waals surface area contributed by atoms with Crippen LogP contribution in [0, 0.1) is 12.7 Å². The first-order valence-corrected chi connectivity index (χ1v) is 10.1. The van der Waals surface area contributed by atoms with Crippen LogP contribution in [0.5, 0.6) is 0 Å². The molecule has 3 aromatic rings. The molecule has 2 aromatic carbocycles. The number of carbonyl (C=O) groups is 2. The van der Waals surface area contributed by atoms with E-state index in [1.54, 1.807) is 12.1 Å². The second-order valence-corrected chi connectivity index (χ2v) is 7.66. The Balaban J connectivity index is 1.56. The van der Waals surface area contributed by atoms with Crippen LogP contribution in [0.2, 0.25) is 0 Å². The molecule has 0 bridgehead atoms. The summed E-state index contributed by atoms with van der Waals surface area (Å²) in [4.78, 5) is 27.5. The van der Waals surface area contributed by atoms with Gasteiger partial charge in [-0.2, -0.15) is 0 Å². The monoisotopic (exact) mass is 405 g/mol. The van der Waals surface area contributed by atoms with Gasteiger partial charge in [0.1, 0.15) is 11.9 Å². The molecule has 1 aromatic heterocycles. The van der Waals surface area contributed by atoms with Gasteiger partial charge in [-0.1, -0.05) is 29.8 Å². The van der Waals surface area contributed by atoms with Gasteiger partial charge in [-0.3, -0.25) is 9.59 Å². The summed E-state index contributed by atoms with van der Waals surface area (Å²) in [6, 6.07) is 16.1. The largest absolute Gasteiger partial charge is 0.354 e. The Morgan fingerprint density at radius 1 is 1.10 bits per heavy atom. The average molecular weight is 405 g/mol. The number of rotatable bonds is 6. The molecule has 1 saturated heterocycles. The first kappa shape index (κ1) is 19.9. The third kappa shape index (κ3) is 4.43. The first-order chi connectivity index (χ1) is 14.5. The standard InChI is InChI=1S/C24H24FN3O2/c1-15-2-4-17(5-3-15)23-18(8-11-22(29)27-20-12-13-26-24(20)30)14-21(28-23)16-6-9-19(25)10-7-16/h2-7,9-10,14,20,28H,8,11-13H2,1H3,(H,26,30)(H,27,29). The Kier molecular flexibility index (Phi) is 5.65. The summed E-state index contributed by atoms with van der Waals surface area (Å²) in [7, 11) is 0. The predicted molar refractivity (Wildman–Crippen MR) is 114 cm³/mol. The minimum atomic E-state index is -0.435. The molecule has 154 valence electrons. The number of hydrogen-bond donors (Lipinski definition) is 3. The fourth-order valence-corrected chi connectivity index (χ4v) is 3.70. The molecule has 0 aliphatic carbocycles. The zero-order valence-corrected chi connectivity index (χ0v) is 16.8. The zero-order chi connectivity index (χ0) is 21.1. The fourth-order valence-electron chi connectivity index (χ4n) is 3.70. The summed E-state index contributed by atoms with van der Waals surface area (Å²) < 4.78 is 13.3. The van der Waals surface area contributed by atoms with Crippen molar-refractivity contribution in [3.8, 4) is 22.5 Å². The van der Waals surface area contributed by atoms with Gasteiger partial charge in [0.25, 0.3) is 0 Å². The highest BCUT2D eigenvalue weighted by molar-refractivity contribution is 5.89. The van der Waals surface area contributed by atoms with E-state index in [0.717, 1.165) is 28.1 Å². The van der Waals surface area contributed by atoms with Gasteiger partial charge >= 0.3 is 0 Å². The average Bonchev–Trinajstić information content (AvgIpc) is 3.34. The molecule has 2 heterocycles. The minimum absolute atomic E-state index is 0.121. The van der Waals surface area contributed by atoms with Crippen LogP contribution in [-0.4, -0.2) is 29.4 Å². The second kappa shape index (κ2) is 8.53. The van der Waals surface area contributed by atoms with Crippen LogP contribution in [-0.2, 0) is 16.0 Å². The van der Waals surface area contributed by atoms with Crippen molar-refractivity contribution in [2.45, 2.75) is 32.2 Å². The molecule has 1 aliphatic rings. The van der Waals surface area contributed by atoms with Gasteiger partial charge in [-0.05, 0) is 66.8 Å². The van der Waals surface area contributed by atoms with E-state index < -0.39 is 6.04 Å². The maximum Gasteiger partial charge on any atom is 0.242 e. The molecule has 0 radical (unpaired) electrons. The lowest BCUT2D eigenvalue weighted by atomic mass is 10.0. The summed E-state index contributed by atoms with van der Waals surface area (Å²) in [5, 5.41) is 5.53. The quantitative estimate of drug-likeness (QED) is 0.585. The molecule has 2 amide bonds. The molecule has 6 heteroatoms. The van der Waals surface area contributed by atoms with Crippen molar-refractivity contribution in [2.24, 2.45) is 0 Å². The predicted octanol–water partition coefficient (Wildman–Crippen LogP) is 3.73. The van der Waals surface area contributed by atoms with Crippen molar-refractivity contribution in [1.82, 2.24) is 15.6 Å². The van der Waals surface area contributed by atoms with Crippen molar-refractivity contribution < 1.29 is 14.0 Å². The topological polar surface area (TPSA) is 74.0 Å². The number of hydrogen-bond acceptors (Lipinski definition) is 2. The number of aromatic nitrogens is 1. The molecule has 0 spiro atoms. The molecule has 30 heavy (non-hydrogen) atoms. The van der Waals surface area contributed by atoms with Gasteiger partial charge in [-0.25, -0.2) is 4.39 Å². The summed E-state index contributed by atoms with van der Waals surface area (Å²) in [5.74, 6) is -0.544. The van der Waals surface area contributed by atoms with E-state index >= 15 is 0 Å². The number of H-pyrrole nitrogens is 1. The maximum absolute atomic E-state index is 13.3. The van der Waals surface area contributed by atoms with Crippen LogP contribution < -0.4 is 10.6 Å². The Morgan fingerprint density at radius 2 is 1.80 bits per heavy atom. The normalized spacial score (nSPS) is 15.8. The molecule has 1 fully saturated rings. The number of aryl methyl sites for hydroxylation is 2. The van der Waals surface area contributed by atoms with Crippen LogP contribution in [0.15, 0.2) is 54.6 Å². The smallest absolute Gasteiger partial charge is 0.242 e. The number of nitrogens with one attached hydrogen (secondary N) is 3. The summed E-state index contributed by atoms with van der Waals surface area (Å²) >= 11 is 0. The van der Waals surface area contributed by atoms with Gasteiger partial charge < -0.3 is 15.6 Å². The van der Waals surface area contributed by atoms with Crippen LogP contribution in [0.4, 0.5) is 4.39 Å². The molecule has 1 aliphatic heterocycles. The highest BCUT2D eigenvalue weighted by Crippen LogP contribution is 2.30. The van der Waals surface area contributed by atoms with E-state index in [-0.39, 0.29) is 24.1 Å². The number of aromatic amines is 1. The van der Waals surface area contributed by atoms with Crippen LogP contribution >= 0.6 is 0 Å². The third-order valence-electron chi connectivity index (χ3n) is 5.40. The first-order valence-electron chi connectivity index (χ1n) is 10.1. The molecule has 1 unspecified atom stereocenters. The van der Waals surface area contributed by atoms with E-state index in [9.17, 15) is 14.0 Å². The van der Waals surface area contributed by atoms with Crippen molar-refractivity contribution in [3.63, 3.8) is 0 Å². The zero-order valence-electron chi connectivity index (χ0n) is 16.8. The van der Waals surface area contributed by atoms with Gasteiger partial charge in [0.2, 0.25) is 11.8 Å². The number of benzene rings is 2. The Morgan fingerprint density at radius 3 is 2.47 bits per heavy atom. The van der Waals surface area contributed by atoms with E-state index in [4.69, 9.17) is 0 Å². The summed E-state index contributed by atoms with van der Waals surface area (Å²) in [6.45, 7) is 2.63. The van der Waals surface area contributed by atoms with Gasteiger partial charge in [0, 0.05) is 24.4 Å². The van der Waals surface area contributed by atoms with E-state index in [1.807, 2.05) is 37.3 Å². The third-order valence-corrected chi connectivity index (χ3v) is 5.40. The summed E-state index contributed by atoms with van der Waals surface area (Å²) in [5.41, 5.74) is 5.89. The lowest BCUT2D eigenvalue weighted by Gasteiger charge is -2.10. The van der Waals surface area contributed by atoms with Crippen molar-refractivity contribution in [3.05, 3.63) is 71.5 Å². The summed E-state index contributed by atoms with van der Waals surface area (Å²) in [6.07, 6.45) is 1.43. The number of amides is 2. The number of carbonyl (C=O) groups excluding carboxylic acids is 2. The lowest BCUT2D eigenvalue weighted by molar-refractivity contribution is -0.127. The molecule has 0 saturated carbocycles. The van der Waals surface area contributed by atoms with E-state index in [1.165, 1.54) is 17.7 Å². The van der Waals surface area contributed by atoms with E-state index in [0.29, 0.717) is 19.4 Å². The van der Waals surface area contributed by atoms with Crippen molar-refractivity contribution >= 4 is 11.8 Å². The maximum atomic E-state index is 13.3. The minimum Gasteiger partial charge on any atom is -0.354 e. The van der Waals surface area contributed by atoms with Crippen LogP contribution in [0.1, 0.15) is 24.0 Å². The molecule has 3 N–H and O–H groups in total. The van der Waals surface area contributed by atoms with Gasteiger partial charge in [0.05, 0.1) is 0 Å². The van der Waals surface area contributed by atoms with Gasteiger partial charge in [-0.15, -0.1) is 0 Å². The molecule has 5 nitrogen and oxygen atoms in total. The fraction of sp³-hybridized carbons (Fsp3) is 0.250. The van der Waals surface area contributed by atoms with E-state index in [2.05, 4.69) is 15.6 Å². The highest BCUT2D eigenvalue weighted by Gasteiger charge is 2.25. The van der Waals surface area contributed by atoms with Crippen LogP contribution in [0.3, 0.4) is 0 Å². The Bertz CT molecular complexity index is 1060. The second-order valence-electron chi connectivity index (χ2n) is 7.66. The van der Waals surface area contributed by atoms with Crippen molar-refractivity contribution in [2.75, 3.05) is 6.54 Å². The Hall–Kier alpha value is -3.41.